The fourth-order valence-electron chi connectivity index (χ4n) is 4.56. The molecule has 1 aromatic carbocycles. The molecule has 1 aliphatic carbocycles. The smallest absolute Gasteiger partial charge is 0.315 e. The van der Waals surface area contributed by atoms with Crippen molar-refractivity contribution >= 4 is 40.7 Å². The van der Waals surface area contributed by atoms with Crippen molar-refractivity contribution in [1.82, 2.24) is 15.2 Å². The molecule has 4 rings (SSSR count). The number of rotatable bonds is 5. The number of amides is 3. The molecule has 1 atom stereocenters. The molecule has 0 unspecified atom stereocenters. The highest BCUT2D eigenvalue weighted by atomic mass is 35.5. The van der Waals surface area contributed by atoms with Gasteiger partial charge in [0.25, 0.3) is 0 Å². The first-order valence-electron chi connectivity index (χ1n) is 11.5. The molecular weight excluding hydrogens is 438 g/mol. The van der Waals surface area contributed by atoms with Crippen LogP contribution >= 0.6 is 11.6 Å². The van der Waals surface area contributed by atoms with Gasteiger partial charge >= 0.3 is 6.03 Å². The third-order valence-electron chi connectivity index (χ3n) is 6.84. The van der Waals surface area contributed by atoms with Crippen LogP contribution in [0.2, 0.25) is 5.02 Å². The standard InChI is InChI=1S/C25H32ClN5O2/c1-16(27-4)23(32)29-22-9-8-21-20(28-22)15-30(18-10-12-25(2,3)13-11-18)24(33)31(21)19-7-5-6-17(26)14-19/h5-9,14,16,18,27H,10-13,15H2,1-4H3,(H,28,29,32)/t16-/m0/s1. The van der Waals surface area contributed by atoms with E-state index >= 15 is 0 Å². The topological polar surface area (TPSA) is 77.6 Å². The number of hydrogen-bond acceptors (Lipinski definition) is 4. The highest BCUT2D eigenvalue weighted by molar-refractivity contribution is 6.31. The largest absolute Gasteiger partial charge is 0.329 e. The van der Waals surface area contributed by atoms with Crippen LogP contribution in [0.5, 0.6) is 0 Å². The molecule has 2 aliphatic rings. The summed E-state index contributed by atoms with van der Waals surface area (Å²) in [5.74, 6) is 0.320. The number of fused-ring (bicyclic) bond motifs is 1. The van der Waals surface area contributed by atoms with E-state index in [4.69, 9.17) is 16.6 Å². The monoisotopic (exact) mass is 469 g/mol. The minimum absolute atomic E-state index is 0.0585. The summed E-state index contributed by atoms with van der Waals surface area (Å²) in [6.07, 6.45) is 4.09. The van der Waals surface area contributed by atoms with Crippen molar-refractivity contribution in [2.45, 2.75) is 65.1 Å². The molecule has 1 aliphatic heterocycles. The Kier molecular flexibility index (Phi) is 6.64. The molecular formula is C25H32ClN5O2. The maximum atomic E-state index is 13.8. The summed E-state index contributed by atoms with van der Waals surface area (Å²) in [6.45, 7) is 6.79. The Morgan fingerprint density at radius 1 is 1.21 bits per heavy atom. The van der Waals surface area contributed by atoms with Crippen molar-refractivity contribution in [3.63, 3.8) is 0 Å². The lowest BCUT2D eigenvalue weighted by Gasteiger charge is -2.44. The molecule has 1 fully saturated rings. The van der Waals surface area contributed by atoms with Gasteiger partial charge in [0, 0.05) is 11.1 Å². The number of aromatic nitrogens is 1. The fraction of sp³-hybridized carbons (Fsp3) is 0.480. The second-order valence-corrected chi connectivity index (χ2v) is 10.2. The third-order valence-corrected chi connectivity index (χ3v) is 7.08. The first-order valence-corrected chi connectivity index (χ1v) is 11.9. The summed E-state index contributed by atoms with van der Waals surface area (Å²) in [6, 6.07) is 10.7. The van der Waals surface area contributed by atoms with E-state index in [0.717, 1.165) is 31.4 Å². The zero-order valence-electron chi connectivity index (χ0n) is 19.7. The lowest BCUT2D eigenvalue weighted by atomic mass is 9.75. The molecule has 8 heteroatoms. The predicted molar refractivity (Wildman–Crippen MR) is 132 cm³/mol. The summed E-state index contributed by atoms with van der Waals surface area (Å²) >= 11 is 6.26. The van der Waals surface area contributed by atoms with E-state index in [1.807, 2.05) is 23.1 Å². The van der Waals surface area contributed by atoms with Gasteiger partial charge in [0.15, 0.2) is 0 Å². The quantitative estimate of drug-likeness (QED) is 0.620. The number of carbonyl (C=O) groups is 2. The Morgan fingerprint density at radius 2 is 1.94 bits per heavy atom. The number of anilines is 3. The Balaban J connectivity index is 1.70. The van der Waals surface area contributed by atoms with Gasteiger partial charge in [-0.2, -0.15) is 0 Å². The van der Waals surface area contributed by atoms with Gasteiger partial charge in [0.2, 0.25) is 5.91 Å². The normalized spacial score (nSPS) is 19.2. The number of benzene rings is 1. The molecule has 1 saturated carbocycles. The lowest BCUT2D eigenvalue weighted by molar-refractivity contribution is -0.117. The molecule has 176 valence electrons. The van der Waals surface area contributed by atoms with Crippen LogP contribution in [0.4, 0.5) is 22.0 Å². The summed E-state index contributed by atoms with van der Waals surface area (Å²) in [4.78, 5) is 34.5. The van der Waals surface area contributed by atoms with Crippen molar-refractivity contribution in [2.24, 2.45) is 5.41 Å². The van der Waals surface area contributed by atoms with Gasteiger partial charge in [-0.15, -0.1) is 0 Å². The zero-order chi connectivity index (χ0) is 23.8. The molecule has 7 nitrogen and oxygen atoms in total. The van der Waals surface area contributed by atoms with Gasteiger partial charge in [-0.25, -0.2) is 9.78 Å². The number of likely N-dealkylation sites (N-methyl/N-ethyl adjacent to an activating group) is 1. The van der Waals surface area contributed by atoms with E-state index in [0.29, 0.717) is 34.2 Å². The van der Waals surface area contributed by atoms with Gasteiger partial charge in [-0.3, -0.25) is 9.69 Å². The van der Waals surface area contributed by atoms with Gasteiger partial charge in [-0.1, -0.05) is 31.5 Å². The summed E-state index contributed by atoms with van der Waals surface area (Å²) in [7, 11) is 1.74. The maximum absolute atomic E-state index is 13.8. The number of nitrogens with one attached hydrogen (secondary N) is 2. The van der Waals surface area contributed by atoms with Crippen LogP contribution in [-0.4, -0.2) is 41.0 Å². The van der Waals surface area contributed by atoms with Crippen LogP contribution in [0, 0.1) is 5.41 Å². The molecule has 2 heterocycles. The molecule has 0 saturated heterocycles. The lowest BCUT2D eigenvalue weighted by Crippen LogP contribution is -2.51. The molecule has 2 aromatic rings. The van der Waals surface area contributed by atoms with Crippen molar-refractivity contribution in [2.75, 3.05) is 17.3 Å². The van der Waals surface area contributed by atoms with Crippen molar-refractivity contribution in [3.05, 3.63) is 47.1 Å². The minimum atomic E-state index is -0.338. The summed E-state index contributed by atoms with van der Waals surface area (Å²) in [5, 5.41) is 6.36. The van der Waals surface area contributed by atoms with E-state index < -0.39 is 0 Å². The Bertz CT molecular complexity index is 1050. The fourth-order valence-corrected chi connectivity index (χ4v) is 4.74. The van der Waals surface area contributed by atoms with Crippen LogP contribution < -0.4 is 15.5 Å². The van der Waals surface area contributed by atoms with Crippen LogP contribution in [0.25, 0.3) is 0 Å². The van der Waals surface area contributed by atoms with E-state index in [-0.39, 0.29) is 24.0 Å². The average Bonchev–Trinajstić information content (AvgIpc) is 2.78. The maximum Gasteiger partial charge on any atom is 0.329 e. The average molecular weight is 470 g/mol. The molecule has 3 amide bonds. The number of hydrogen-bond donors (Lipinski definition) is 2. The summed E-state index contributed by atoms with van der Waals surface area (Å²) < 4.78 is 0. The van der Waals surface area contributed by atoms with E-state index in [1.54, 1.807) is 37.1 Å². The van der Waals surface area contributed by atoms with Gasteiger partial charge in [0.05, 0.1) is 29.7 Å². The van der Waals surface area contributed by atoms with Crippen LogP contribution in [0.1, 0.15) is 52.1 Å². The molecule has 1 aromatic heterocycles. The van der Waals surface area contributed by atoms with E-state index in [1.165, 1.54) is 0 Å². The van der Waals surface area contributed by atoms with Gasteiger partial charge in [-0.05, 0) is 75.4 Å². The molecule has 0 spiro atoms. The zero-order valence-corrected chi connectivity index (χ0v) is 20.4. The number of urea groups is 1. The molecule has 0 radical (unpaired) electrons. The van der Waals surface area contributed by atoms with Crippen LogP contribution in [-0.2, 0) is 11.3 Å². The Labute approximate surface area is 200 Å². The second kappa shape index (κ2) is 9.31. The van der Waals surface area contributed by atoms with Crippen molar-refractivity contribution < 1.29 is 9.59 Å². The highest BCUT2D eigenvalue weighted by Crippen LogP contribution is 2.41. The number of carbonyl (C=O) groups excluding carboxylic acids is 2. The summed E-state index contributed by atoms with van der Waals surface area (Å²) in [5.41, 5.74) is 2.49. The van der Waals surface area contributed by atoms with E-state index in [9.17, 15) is 9.59 Å². The van der Waals surface area contributed by atoms with Crippen molar-refractivity contribution in [1.29, 1.82) is 0 Å². The number of halogens is 1. The number of pyridine rings is 1. The third kappa shape index (κ3) is 4.99. The molecule has 33 heavy (non-hydrogen) atoms. The Morgan fingerprint density at radius 3 is 2.61 bits per heavy atom. The predicted octanol–water partition coefficient (Wildman–Crippen LogP) is 5.32. The van der Waals surface area contributed by atoms with Gasteiger partial charge in [0.1, 0.15) is 5.82 Å². The van der Waals surface area contributed by atoms with E-state index in [2.05, 4.69) is 24.5 Å². The van der Waals surface area contributed by atoms with Gasteiger partial charge < -0.3 is 15.5 Å². The second-order valence-electron chi connectivity index (χ2n) is 9.78. The first-order chi connectivity index (χ1) is 15.7. The highest BCUT2D eigenvalue weighted by Gasteiger charge is 2.39. The Hall–Kier alpha value is -2.64. The molecule has 2 N–H and O–H groups in total. The number of nitrogens with zero attached hydrogens (tertiary/aromatic N) is 3. The van der Waals surface area contributed by atoms with Crippen LogP contribution in [0.3, 0.4) is 0 Å². The van der Waals surface area contributed by atoms with Crippen molar-refractivity contribution in [3.8, 4) is 0 Å². The molecule has 0 bridgehead atoms. The SMILES string of the molecule is CN[C@@H](C)C(=O)Nc1ccc2c(n1)CN(C1CCC(C)(C)CC1)C(=O)N2c1cccc(Cl)c1. The van der Waals surface area contributed by atoms with Crippen LogP contribution in [0.15, 0.2) is 36.4 Å². The minimum Gasteiger partial charge on any atom is -0.315 e. The first kappa shape index (κ1) is 23.5.